The Balaban J connectivity index is 1.68. The van der Waals surface area contributed by atoms with Crippen LogP contribution < -0.4 is 5.32 Å². The third-order valence-electron chi connectivity index (χ3n) is 4.00. The number of anilines is 1. The molecule has 2 aromatic rings. The third kappa shape index (κ3) is 3.12. The van der Waals surface area contributed by atoms with Crippen LogP contribution in [0.4, 0.5) is 10.5 Å². The molecule has 3 rings (SSSR count). The number of benzene rings is 1. The molecule has 1 aliphatic heterocycles. The molecule has 2 amide bonds. The first kappa shape index (κ1) is 14.6. The first-order valence-electron chi connectivity index (χ1n) is 7.37. The molecule has 2 unspecified atom stereocenters. The van der Waals surface area contributed by atoms with Gasteiger partial charge in [0.25, 0.3) is 0 Å². The molecule has 0 aliphatic carbocycles. The smallest absolute Gasteiger partial charge is 0.321 e. The summed E-state index contributed by atoms with van der Waals surface area (Å²) in [6.07, 6.45) is 3.44. The first-order chi connectivity index (χ1) is 10.6. The Kier molecular flexibility index (Phi) is 4.11. The van der Waals surface area contributed by atoms with Crippen LogP contribution in [0.1, 0.15) is 13.3 Å². The molecule has 1 fully saturated rings. The van der Waals surface area contributed by atoms with Crippen molar-refractivity contribution in [3.8, 4) is 11.5 Å². The number of likely N-dealkylation sites (tertiary alicyclic amines) is 1. The number of hydrogen-bond acceptors (Lipinski definition) is 4. The van der Waals surface area contributed by atoms with Crippen LogP contribution >= 0.6 is 0 Å². The molecule has 116 valence electrons. The van der Waals surface area contributed by atoms with Gasteiger partial charge in [-0.15, -0.1) is 0 Å². The minimum atomic E-state index is -0.460. The molecule has 1 aromatic heterocycles. The fourth-order valence-corrected chi connectivity index (χ4v) is 2.53. The Labute approximate surface area is 128 Å². The maximum Gasteiger partial charge on any atom is 0.321 e. The van der Waals surface area contributed by atoms with Crippen molar-refractivity contribution in [2.24, 2.45) is 5.92 Å². The third-order valence-corrected chi connectivity index (χ3v) is 4.00. The maximum atomic E-state index is 12.3. The lowest BCUT2D eigenvalue weighted by molar-refractivity contribution is 0.0464. The Morgan fingerprint density at radius 1 is 1.50 bits per heavy atom. The molecule has 2 atom stereocenters. The molecule has 1 saturated heterocycles. The fourth-order valence-electron chi connectivity index (χ4n) is 2.53. The van der Waals surface area contributed by atoms with Crippen LogP contribution in [-0.2, 0) is 0 Å². The van der Waals surface area contributed by atoms with E-state index in [1.807, 2.05) is 31.2 Å². The predicted octanol–water partition coefficient (Wildman–Crippen LogP) is 2.58. The number of urea groups is 1. The number of nitrogens with one attached hydrogen (secondary N) is 1. The van der Waals surface area contributed by atoms with Crippen molar-refractivity contribution >= 4 is 11.7 Å². The van der Waals surface area contributed by atoms with Crippen LogP contribution in [0.3, 0.4) is 0 Å². The molecule has 1 aliphatic rings. The summed E-state index contributed by atoms with van der Waals surface area (Å²) in [7, 11) is 0. The van der Waals surface area contributed by atoms with Gasteiger partial charge in [-0.1, -0.05) is 13.0 Å². The minimum Gasteiger partial charge on any atom is -0.445 e. The van der Waals surface area contributed by atoms with E-state index in [9.17, 15) is 9.90 Å². The second-order valence-electron chi connectivity index (χ2n) is 5.63. The number of aliphatic hydroxyl groups is 1. The highest BCUT2D eigenvalue weighted by molar-refractivity contribution is 5.90. The molecule has 2 N–H and O–H groups in total. The summed E-state index contributed by atoms with van der Waals surface area (Å²) in [6.45, 7) is 3.02. The summed E-state index contributed by atoms with van der Waals surface area (Å²) in [4.78, 5) is 18.0. The predicted molar refractivity (Wildman–Crippen MR) is 82.3 cm³/mol. The average Bonchev–Trinajstić information content (AvgIpc) is 3.04. The molecule has 0 saturated carbocycles. The van der Waals surface area contributed by atoms with Crippen molar-refractivity contribution in [1.29, 1.82) is 0 Å². The molecule has 2 heterocycles. The highest BCUT2D eigenvalue weighted by atomic mass is 16.3. The van der Waals surface area contributed by atoms with Gasteiger partial charge in [-0.05, 0) is 30.5 Å². The van der Waals surface area contributed by atoms with Gasteiger partial charge in [0.15, 0.2) is 0 Å². The summed E-state index contributed by atoms with van der Waals surface area (Å²) in [5.74, 6) is 0.746. The molecule has 0 radical (unpaired) electrons. The Bertz CT molecular complexity index is 642. The number of aliphatic hydroxyl groups excluding tert-OH is 1. The largest absolute Gasteiger partial charge is 0.445 e. The van der Waals surface area contributed by atoms with E-state index in [1.54, 1.807) is 11.1 Å². The zero-order valence-corrected chi connectivity index (χ0v) is 12.4. The van der Waals surface area contributed by atoms with E-state index in [0.717, 1.165) is 12.0 Å². The summed E-state index contributed by atoms with van der Waals surface area (Å²) in [5.41, 5.74) is 1.48. The molecular weight excluding hydrogens is 282 g/mol. The standard InChI is InChI=1S/C16H19N3O3/c1-11-5-7-19(10-14(11)20)16(21)18-13-4-2-3-12(9-13)15-17-6-8-22-15/h2-4,6,8-9,11,14,20H,5,7,10H2,1H3,(H,18,21). The second-order valence-corrected chi connectivity index (χ2v) is 5.63. The van der Waals surface area contributed by atoms with Gasteiger partial charge in [0.2, 0.25) is 5.89 Å². The van der Waals surface area contributed by atoms with Crippen LogP contribution in [0.5, 0.6) is 0 Å². The number of hydrogen-bond donors (Lipinski definition) is 2. The molecule has 6 nitrogen and oxygen atoms in total. The van der Waals surface area contributed by atoms with Gasteiger partial charge in [0, 0.05) is 24.3 Å². The van der Waals surface area contributed by atoms with E-state index in [1.165, 1.54) is 6.26 Å². The number of β-amino-alcohol motifs (C(OH)–C–C–N with tert-alkyl or cyclic N) is 1. The quantitative estimate of drug-likeness (QED) is 0.893. The van der Waals surface area contributed by atoms with Crippen molar-refractivity contribution in [3.63, 3.8) is 0 Å². The monoisotopic (exact) mass is 301 g/mol. The summed E-state index contributed by atoms with van der Waals surface area (Å²) in [6, 6.07) is 7.13. The zero-order valence-electron chi connectivity index (χ0n) is 12.4. The van der Waals surface area contributed by atoms with Crippen molar-refractivity contribution < 1.29 is 14.3 Å². The summed E-state index contributed by atoms with van der Waals surface area (Å²) >= 11 is 0. The Morgan fingerprint density at radius 3 is 3.09 bits per heavy atom. The van der Waals surface area contributed by atoms with E-state index in [-0.39, 0.29) is 11.9 Å². The van der Waals surface area contributed by atoms with Crippen molar-refractivity contribution in [3.05, 3.63) is 36.7 Å². The van der Waals surface area contributed by atoms with Gasteiger partial charge in [0.1, 0.15) is 6.26 Å². The van der Waals surface area contributed by atoms with Crippen molar-refractivity contribution in [1.82, 2.24) is 9.88 Å². The number of aromatic nitrogens is 1. The van der Waals surface area contributed by atoms with E-state index in [0.29, 0.717) is 24.7 Å². The van der Waals surface area contributed by atoms with Gasteiger partial charge in [-0.3, -0.25) is 0 Å². The molecule has 22 heavy (non-hydrogen) atoms. The number of amides is 2. The number of carbonyl (C=O) groups excluding carboxylic acids is 1. The zero-order chi connectivity index (χ0) is 15.5. The minimum absolute atomic E-state index is 0.199. The number of nitrogens with zero attached hydrogens (tertiary/aromatic N) is 2. The van der Waals surface area contributed by atoms with Crippen LogP contribution in [0.25, 0.3) is 11.5 Å². The molecule has 0 bridgehead atoms. The Hall–Kier alpha value is -2.34. The highest BCUT2D eigenvalue weighted by Gasteiger charge is 2.27. The lowest BCUT2D eigenvalue weighted by Gasteiger charge is -2.34. The second kappa shape index (κ2) is 6.19. The normalized spacial score (nSPS) is 21.6. The summed E-state index contributed by atoms with van der Waals surface area (Å²) in [5, 5.41) is 12.7. The topological polar surface area (TPSA) is 78.6 Å². The number of carbonyl (C=O) groups is 1. The lowest BCUT2D eigenvalue weighted by Crippen LogP contribution is -2.47. The number of oxazole rings is 1. The maximum absolute atomic E-state index is 12.3. The van der Waals surface area contributed by atoms with Crippen LogP contribution in [-0.4, -0.2) is 40.2 Å². The van der Waals surface area contributed by atoms with Gasteiger partial charge in [0.05, 0.1) is 12.3 Å². The van der Waals surface area contributed by atoms with Crippen molar-refractivity contribution in [2.45, 2.75) is 19.4 Å². The van der Waals surface area contributed by atoms with E-state index >= 15 is 0 Å². The molecule has 6 heteroatoms. The molecular formula is C16H19N3O3. The first-order valence-corrected chi connectivity index (χ1v) is 7.37. The van der Waals surface area contributed by atoms with E-state index in [2.05, 4.69) is 10.3 Å². The number of piperidine rings is 1. The van der Waals surface area contributed by atoms with Crippen LogP contribution in [0, 0.1) is 5.92 Å². The lowest BCUT2D eigenvalue weighted by atomic mass is 9.96. The van der Waals surface area contributed by atoms with E-state index in [4.69, 9.17) is 4.42 Å². The SMILES string of the molecule is CC1CCN(C(=O)Nc2cccc(-c3ncco3)c2)CC1O. The van der Waals surface area contributed by atoms with Crippen molar-refractivity contribution in [2.75, 3.05) is 18.4 Å². The van der Waals surface area contributed by atoms with Crippen LogP contribution in [0.15, 0.2) is 41.1 Å². The highest BCUT2D eigenvalue weighted by Crippen LogP contribution is 2.22. The van der Waals surface area contributed by atoms with Gasteiger partial charge >= 0.3 is 6.03 Å². The van der Waals surface area contributed by atoms with E-state index < -0.39 is 6.10 Å². The fraction of sp³-hybridized carbons (Fsp3) is 0.375. The Morgan fingerprint density at radius 2 is 2.36 bits per heavy atom. The van der Waals surface area contributed by atoms with Gasteiger partial charge < -0.3 is 19.7 Å². The number of rotatable bonds is 2. The molecule has 1 aromatic carbocycles. The molecule has 0 spiro atoms. The van der Waals surface area contributed by atoms with Gasteiger partial charge in [-0.2, -0.15) is 0 Å². The summed E-state index contributed by atoms with van der Waals surface area (Å²) < 4.78 is 5.25. The van der Waals surface area contributed by atoms with Gasteiger partial charge in [-0.25, -0.2) is 9.78 Å². The average molecular weight is 301 g/mol. The van der Waals surface area contributed by atoms with Crippen LogP contribution in [0.2, 0.25) is 0 Å².